The second-order valence-corrected chi connectivity index (χ2v) is 4.74. The van der Waals surface area contributed by atoms with Crippen LogP contribution >= 0.6 is 0 Å². The first-order chi connectivity index (χ1) is 9.56. The average Bonchev–Trinajstić information content (AvgIpc) is 2.39. The third kappa shape index (κ3) is 5.48. The van der Waals surface area contributed by atoms with Crippen molar-refractivity contribution in [3.63, 3.8) is 0 Å². The van der Waals surface area contributed by atoms with Crippen molar-refractivity contribution in [2.75, 3.05) is 20.3 Å². The predicted molar refractivity (Wildman–Crippen MR) is 79.1 cm³/mol. The predicted octanol–water partition coefficient (Wildman–Crippen LogP) is 1.71. The lowest BCUT2D eigenvalue weighted by Gasteiger charge is -2.12. The summed E-state index contributed by atoms with van der Waals surface area (Å²) in [6.07, 6.45) is 0. The number of benzene rings is 1. The largest absolute Gasteiger partial charge is 0.493 e. The first-order valence-electron chi connectivity index (χ1n) is 6.86. The number of amides is 1. The highest BCUT2D eigenvalue weighted by Crippen LogP contribution is 2.27. The van der Waals surface area contributed by atoms with Crippen LogP contribution < -0.4 is 20.1 Å². The molecule has 112 valence electrons. The highest BCUT2D eigenvalue weighted by Gasteiger charge is 2.06. The second-order valence-electron chi connectivity index (χ2n) is 4.74. The third-order valence-electron chi connectivity index (χ3n) is 2.59. The zero-order valence-corrected chi connectivity index (χ0v) is 12.7. The zero-order valence-electron chi connectivity index (χ0n) is 12.7. The Balaban J connectivity index is 2.50. The van der Waals surface area contributed by atoms with E-state index in [-0.39, 0.29) is 11.9 Å². The molecule has 5 nitrogen and oxygen atoms in total. The van der Waals surface area contributed by atoms with E-state index < -0.39 is 0 Å². The minimum atomic E-state index is -0.00194. The molecular formula is C15H24N2O3. The molecule has 0 radical (unpaired) electrons. The molecule has 0 aliphatic carbocycles. The molecule has 0 aliphatic heterocycles. The van der Waals surface area contributed by atoms with E-state index in [9.17, 15) is 4.79 Å². The van der Waals surface area contributed by atoms with Crippen molar-refractivity contribution in [2.45, 2.75) is 33.4 Å². The van der Waals surface area contributed by atoms with E-state index in [4.69, 9.17) is 9.47 Å². The molecule has 0 saturated carbocycles. The third-order valence-corrected chi connectivity index (χ3v) is 2.59. The number of methoxy groups -OCH3 is 1. The van der Waals surface area contributed by atoms with Crippen molar-refractivity contribution >= 4 is 5.91 Å². The summed E-state index contributed by atoms with van der Waals surface area (Å²) < 4.78 is 10.7. The van der Waals surface area contributed by atoms with Gasteiger partial charge in [-0.25, -0.2) is 0 Å². The lowest BCUT2D eigenvalue weighted by Crippen LogP contribution is -2.37. The maximum absolute atomic E-state index is 11.5. The summed E-state index contributed by atoms with van der Waals surface area (Å²) in [5.41, 5.74) is 1.04. The van der Waals surface area contributed by atoms with Gasteiger partial charge in [0.25, 0.3) is 0 Å². The number of hydrogen-bond acceptors (Lipinski definition) is 4. The van der Waals surface area contributed by atoms with E-state index in [1.807, 2.05) is 39.0 Å². The molecule has 1 aromatic rings. The van der Waals surface area contributed by atoms with Crippen LogP contribution in [0.4, 0.5) is 0 Å². The zero-order chi connectivity index (χ0) is 15.0. The molecular weight excluding hydrogens is 256 g/mol. The van der Waals surface area contributed by atoms with Crippen molar-refractivity contribution in [3.05, 3.63) is 23.8 Å². The van der Waals surface area contributed by atoms with E-state index in [0.29, 0.717) is 25.4 Å². The van der Waals surface area contributed by atoms with Gasteiger partial charge in [0, 0.05) is 12.6 Å². The van der Waals surface area contributed by atoms with Crippen LogP contribution in [0.15, 0.2) is 18.2 Å². The number of nitrogens with one attached hydrogen (secondary N) is 2. The van der Waals surface area contributed by atoms with Gasteiger partial charge >= 0.3 is 0 Å². The first kappa shape index (κ1) is 16.3. The Morgan fingerprint density at radius 1 is 1.30 bits per heavy atom. The fourth-order valence-corrected chi connectivity index (χ4v) is 1.79. The molecule has 1 amide bonds. The number of hydrogen-bond donors (Lipinski definition) is 2. The Kier molecular flexibility index (Phi) is 6.87. The van der Waals surface area contributed by atoms with E-state index in [0.717, 1.165) is 11.3 Å². The van der Waals surface area contributed by atoms with Gasteiger partial charge in [-0.15, -0.1) is 0 Å². The van der Waals surface area contributed by atoms with Gasteiger partial charge in [0.15, 0.2) is 11.5 Å². The van der Waals surface area contributed by atoms with Gasteiger partial charge in [0.2, 0.25) is 5.91 Å². The normalized spacial score (nSPS) is 10.4. The number of carbonyl (C=O) groups is 1. The average molecular weight is 280 g/mol. The summed E-state index contributed by atoms with van der Waals surface area (Å²) in [6.45, 7) is 7.32. The molecule has 5 heteroatoms. The van der Waals surface area contributed by atoms with Gasteiger partial charge in [0.1, 0.15) is 0 Å². The maximum Gasteiger partial charge on any atom is 0.234 e. The van der Waals surface area contributed by atoms with Gasteiger partial charge in [0.05, 0.1) is 20.3 Å². The molecule has 0 aromatic heterocycles. The molecule has 0 saturated heterocycles. The highest BCUT2D eigenvalue weighted by molar-refractivity contribution is 5.78. The van der Waals surface area contributed by atoms with Crippen molar-refractivity contribution in [2.24, 2.45) is 0 Å². The van der Waals surface area contributed by atoms with E-state index in [1.54, 1.807) is 7.11 Å². The molecule has 0 aliphatic rings. The summed E-state index contributed by atoms with van der Waals surface area (Å²) in [5, 5.41) is 5.93. The van der Waals surface area contributed by atoms with Gasteiger partial charge in [-0.05, 0) is 38.5 Å². The van der Waals surface area contributed by atoms with Gasteiger partial charge in [-0.1, -0.05) is 6.07 Å². The number of rotatable bonds is 8. The summed E-state index contributed by atoms with van der Waals surface area (Å²) >= 11 is 0. The standard InChI is InChI=1S/C15H24N2O3/c1-5-20-13-7-6-12(8-14(13)19-4)9-16-10-15(18)17-11(2)3/h6-8,11,16H,5,9-10H2,1-4H3,(H,17,18). The monoisotopic (exact) mass is 280 g/mol. The Hall–Kier alpha value is -1.75. The molecule has 0 bridgehead atoms. The summed E-state index contributed by atoms with van der Waals surface area (Å²) in [4.78, 5) is 11.5. The molecule has 0 spiro atoms. The summed E-state index contributed by atoms with van der Waals surface area (Å²) in [6, 6.07) is 5.92. The number of ether oxygens (including phenoxy) is 2. The van der Waals surface area contributed by atoms with Crippen LogP contribution in [0.25, 0.3) is 0 Å². The van der Waals surface area contributed by atoms with E-state index in [2.05, 4.69) is 10.6 Å². The second kappa shape index (κ2) is 8.43. The van der Waals surface area contributed by atoms with Crippen LogP contribution in [-0.4, -0.2) is 32.2 Å². The molecule has 20 heavy (non-hydrogen) atoms. The molecule has 2 N–H and O–H groups in total. The van der Waals surface area contributed by atoms with Crippen LogP contribution in [0.5, 0.6) is 11.5 Å². The minimum absolute atomic E-state index is 0.00194. The van der Waals surface area contributed by atoms with Crippen LogP contribution in [0, 0.1) is 0 Å². The molecule has 1 aromatic carbocycles. The smallest absolute Gasteiger partial charge is 0.234 e. The van der Waals surface area contributed by atoms with Crippen molar-refractivity contribution < 1.29 is 14.3 Å². The summed E-state index contributed by atoms with van der Waals surface area (Å²) in [5.74, 6) is 1.44. The summed E-state index contributed by atoms with van der Waals surface area (Å²) in [7, 11) is 1.62. The Bertz CT molecular complexity index is 433. The molecule has 0 heterocycles. The fraction of sp³-hybridized carbons (Fsp3) is 0.533. The Morgan fingerprint density at radius 2 is 2.05 bits per heavy atom. The van der Waals surface area contributed by atoms with Crippen LogP contribution in [-0.2, 0) is 11.3 Å². The topological polar surface area (TPSA) is 59.6 Å². The van der Waals surface area contributed by atoms with Crippen molar-refractivity contribution in [1.29, 1.82) is 0 Å². The molecule has 0 fully saturated rings. The first-order valence-corrected chi connectivity index (χ1v) is 6.86. The van der Waals surface area contributed by atoms with Gasteiger partial charge < -0.3 is 20.1 Å². The molecule has 1 rings (SSSR count). The fourth-order valence-electron chi connectivity index (χ4n) is 1.79. The van der Waals surface area contributed by atoms with E-state index in [1.165, 1.54) is 0 Å². The Morgan fingerprint density at radius 3 is 2.65 bits per heavy atom. The number of carbonyl (C=O) groups excluding carboxylic acids is 1. The molecule has 0 unspecified atom stereocenters. The Labute approximate surface area is 120 Å². The maximum atomic E-state index is 11.5. The lowest BCUT2D eigenvalue weighted by atomic mass is 10.2. The lowest BCUT2D eigenvalue weighted by molar-refractivity contribution is -0.120. The quantitative estimate of drug-likeness (QED) is 0.761. The minimum Gasteiger partial charge on any atom is -0.493 e. The van der Waals surface area contributed by atoms with Crippen LogP contribution in [0.1, 0.15) is 26.3 Å². The van der Waals surface area contributed by atoms with Gasteiger partial charge in [-0.2, -0.15) is 0 Å². The molecule has 0 atom stereocenters. The SMILES string of the molecule is CCOc1ccc(CNCC(=O)NC(C)C)cc1OC. The van der Waals surface area contributed by atoms with Crippen molar-refractivity contribution in [3.8, 4) is 11.5 Å². The van der Waals surface area contributed by atoms with E-state index >= 15 is 0 Å². The van der Waals surface area contributed by atoms with Crippen LogP contribution in [0.2, 0.25) is 0 Å². The highest BCUT2D eigenvalue weighted by atomic mass is 16.5. The van der Waals surface area contributed by atoms with Crippen molar-refractivity contribution in [1.82, 2.24) is 10.6 Å². The van der Waals surface area contributed by atoms with Gasteiger partial charge in [-0.3, -0.25) is 4.79 Å². The van der Waals surface area contributed by atoms with Crippen LogP contribution in [0.3, 0.4) is 0 Å².